The second-order valence-corrected chi connectivity index (χ2v) is 7.10. The third kappa shape index (κ3) is 3.29. The van der Waals surface area contributed by atoms with Crippen molar-refractivity contribution >= 4 is 29.0 Å². The fourth-order valence-corrected chi connectivity index (χ4v) is 3.62. The molecule has 132 valence electrons. The number of benzene rings is 1. The van der Waals surface area contributed by atoms with Crippen LogP contribution in [0, 0.1) is 0 Å². The molecule has 3 heterocycles. The van der Waals surface area contributed by atoms with Crippen molar-refractivity contribution in [2.45, 2.75) is 12.5 Å². The molecule has 0 unspecified atom stereocenters. The van der Waals surface area contributed by atoms with Crippen LogP contribution in [0.15, 0.2) is 47.8 Å². The van der Waals surface area contributed by atoms with Gasteiger partial charge in [-0.3, -0.25) is 4.79 Å². The maximum atomic E-state index is 13.2. The van der Waals surface area contributed by atoms with E-state index in [1.165, 1.54) is 4.68 Å². The molecule has 8 heteroatoms. The van der Waals surface area contributed by atoms with E-state index in [2.05, 4.69) is 15.5 Å². The predicted octanol–water partition coefficient (Wildman–Crippen LogP) is 1.96. The summed E-state index contributed by atoms with van der Waals surface area (Å²) in [5.74, 6) is 0.418. The number of rotatable bonds is 4. The molecule has 7 nitrogen and oxygen atoms in total. The molecule has 0 spiro atoms. The van der Waals surface area contributed by atoms with Gasteiger partial charge < -0.3 is 10.6 Å². The van der Waals surface area contributed by atoms with Gasteiger partial charge in [-0.05, 0) is 34.4 Å². The van der Waals surface area contributed by atoms with E-state index in [0.717, 1.165) is 16.9 Å². The highest BCUT2D eigenvalue weighted by Gasteiger charge is 2.29. The fourth-order valence-electron chi connectivity index (χ4n) is 2.97. The maximum absolute atomic E-state index is 13.2. The molecular weight excluding hydrogens is 348 g/mol. The molecule has 0 aliphatic carbocycles. The lowest BCUT2D eigenvalue weighted by Crippen LogP contribution is -2.34. The summed E-state index contributed by atoms with van der Waals surface area (Å²) in [6.07, 6.45) is 2.64. The third-order valence-corrected chi connectivity index (χ3v) is 5.10. The first-order valence-electron chi connectivity index (χ1n) is 8.36. The summed E-state index contributed by atoms with van der Waals surface area (Å²) in [7, 11) is 0. The van der Waals surface area contributed by atoms with E-state index in [4.69, 9.17) is 5.73 Å². The number of hydrogen-bond donors (Lipinski definition) is 1. The van der Waals surface area contributed by atoms with Crippen LogP contribution >= 0.6 is 11.3 Å². The van der Waals surface area contributed by atoms with E-state index in [9.17, 15) is 4.79 Å². The van der Waals surface area contributed by atoms with E-state index < -0.39 is 0 Å². The van der Waals surface area contributed by atoms with Crippen LogP contribution in [-0.4, -0.2) is 50.1 Å². The normalized spacial score (nSPS) is 17.7. The Labute approximate surface area is 154 Å². The predicted molar refractivity (Wildman–Crippen MR) is 101 cm³/mol. The van der Waals surface area contributed by atoms with Gasteiger partial charge in [0.25, 0.3) is 5.91 Å². The minimum atomic E-state index is -0.115. The Morgan fingerprint density at radius 3 is 2.77 bits per heavy atom. The maximum Gasteiger partial charge on any atom is 0.272 e. The summed E-state index contributed by atoms with van der Waals surface area (Å²) >= 11 is 1.56. The van der Waals surface area contributed by atoms with Crippen LogP contribution in [-0.2, 0) is 4.79 Å². The third-order valence-electron chi connectivity index (χ3n) is 4.28. The average molecular weight is 366 g/mol. The van der Waals surface area contributed by atoms with E-state index in [-0.39, 0.29) is 11.9 Å². The Hall–Kier alpha value is -2.84. The molecule has 1 saturated heterocycles. The van der Waals surface area contributed by atoms with Crippen molar-refractivity contribution in [3.05, 3.63) is 52.7 Å². The zero-order chi connectivity index (χ0) is 17.9. The Balaban J connectivity index is 1.78. The summed E-state index contributed by atoms with van der Waals surface area (Å²) in [5.41, 5.74) is 7.25. The van der Waals surface area contributed by atoms with Crippen LogP contribution in [0.4, 0.5) is 0 Å². The Morgan fingerprint density at radius 2 is 2.08 bits per heavy atom. The molecule has 2 aromatic heterocycles. The monoisotopic (exact) mass is 366 g/mol. The summed E-state index contributed by atoms with van der Waals surface area (Å²) in [4.78, 5) is 15.9. The summed E-state index contributed by atoms with van der Waals surface area (Å²) < 4.78 is 1.52. The number of likely N-dealkylation sites (tertiary alicyclic amines) is 1. The zero-order valence-corrected chi connectivity index (χ0v) is 14.8. The van der Waals surface area contributed by atoms with Crippen LogP contribution in [0.5, 0.6) is 0 Å². The number of carbonyl (C=O) groups is 1. The number of nitrogens with two attached hydrogens (primary N) is 1. The second kappa shape index (κ2) is 7.19. The van der Waals surface area contributed by atoms with Gasteiger partial charge in [-0.25, -0.2) is 0 Å². The van der Waals surface area contributed by atoms with Gasteiger partial charge in [-0.1, -0.05) is 36.4 Å². The topological polar surface area (TPSA) is 89.9 Å². The van der Waals surface area contributed by atoms with Crippen LogP contribution < -0.4 is 5.73 Å². The summed E-state index contributed by atoms with van der Waals surface area (Å²) in [5, 5.41) is 14.0. The quantitative estimate of drug-likeness (QED) is 0.713. The number of nitrogens with zero attached hydrogens (tertiary/aromatic N) is 5. The van der Waals surface area contributed by atoms with E-state index in [1.54, 1.807) is 16.2 Å². The van der Waals surface area contributed by atoms with E-state index in [0.29, 0.717) is 24.6 Å². The number of carbonyl (C=O) groups excluding carboxylic acids is 1. The molecule has 1 aliphatic heterocycles. The zero-order valence-electron chi connectivity index (χ0n) is 14.0. The number of tetrazole rings is 1. The van der Waals surface area contributed by atoms with Gasteiger partial charge in [0.15, 0.2) is 5.82 Å². The van der Waals surface area contributed by atoms with Gasteiger partial charge in [0, 0.05) is 29.6 Å². The van der Waals surface area contributed by atoms with E-state index >= 15 is 0 Å². The molecule has 0 radical (unpaired) electrons. The minimum absolute atomic E-state index is 0.0180. The van der Waals surface area contributed by atoms with Crippen LogP contribution in [0.1, 0.15) is 11.3 Å². The van der Waals surface area contributed by atoms with Gasteiger partial charge in [0.05, 0.1) is 0 Å². The van der Waals surface area contributed by atoms with Crippen LogP contribution in [0.2, 0.25) is 0 Å². The highest BCUT2D eigenvalue weighted by molar-refractivity contribution is 7.10. The summed E-state index contributed by atoms with van der Waals surface area (Å²) in [6, 6.07) is 13.5. The van der Waals surface area contributed by atoms with Gasteiger partial charge in [-0.2, -0.15) is 4.68 Å². The van der Waals surface area contributed by atoms with Crippen LogP contribution in [0.25, 0.3) is 23.2 Å². The van der Waals surface area contributed by atoms with Gasteiger partial charge >= 0.3 is 0 Å². The largest absolute Gasteiger partial charge is 0.336 e. The average Bonchev–Trinajstić information content (AvgIpc) is 3.41. The number of aromatic nitrogens is 4. The SMILES string of the molecule is N[C@@H]1CCN(C(=O)/C(=C/c2cccs2)n2nnnc2-c2ccccc2)C1. The first-order chi connectivity index (χ1) is 12.7. The van der Waals surface area contributed by atoms with Crippen molar-refractivity contribution in [3.63, 3.8) is 0 Å². The molecule has 0 saturated carbocycles. The Morgan fingerprint density at radius 1 is 1.23 bits per heavy atom. The summed E-state index contributed by atoms with van der Waals surface area (Å²) in [6.45, 7) is 1.19. The first kappa shape index (κ1) is 16.6. The van der Waals surface area contributed by atoms with Gasteiger partial charge in [0.1, 0.15) is 5.70 Å². The number of amides is 1. The van der Waals surface area contributed by atoms with Crippen molar-refractivity contribution in [1.82, 2.24) is 25.1 Å². The highest BCUT2D eigenvalue weighted by Crippen LogP contribution is 2.24. The molecule has 1 atom stereocenters. The van der Waals surface area contributed by atoms with Gasteiger partial charge in [0.2, 0.25) is 0 Å². The lowest BCUT2D eigenvalue weighted by Gasteiger charge is -2.18. The second-order valence-electron chi connectivity index (χ2n) is 6.13. The molecule has 3 aromatic rings. The molecule has 2 N–H and O–H groups in total. The molecule has 1 aliphatic rings. The molecule has 1 fully saturated rings. The Bertz CT molecular complexity index is 918. The van der Waals surface area contributed by atoms with Crippen molar-refractivity contribution in [3.8, 4) is 11.4 Å². The highest BCUT2D eigenvalue weighted by atomic mass is 32.1. The van der Waals surface area contributed by atoms with Gasteiger partial charge in [-0.15, -0.1) is 16.4 Å². The molecule has 26 heavy (non-hydrogen) atoms. The van der Waals surface area contributed by atoms with Crippen molar-refractivity contribution < 1.29 is 4.79 Å². The molecule has 1 aromatic carbocycles. The van der Waals surface area contributed by atoms with E-state index in [1.807, 2.05) is 53.9 Å². The van der Waals surface area contributed by atoms with Crippen molar-refractivity contribution in [2.24, 2.45) is 5.73 Å². The Kier molecular flexibility index (Phi) is 4.59. The standard InChI is InChI=1S/C18H18N6OS/c19-14-8-9-23(12-14)18(25)16(11-15-7-4-10-26-15)24-17(20-21-22-24)13-5-2-1-3-6-13/h1-7,10-11,14H,8-9,12,19H2/b16-11-/t14-/m1/s1. The van der Waals surface area contributed by atoms with Crippen LogP contribution in [0.3, 0.4) is 0 Å². The fraction of sp³-hybridized carbons (Fsp3) is 0.222. The minimum Gasteiger partial charge on any atom is -0.336 e. The lowest BCUT2D eigenvalue weighted by atomic mass is 10.2. The lowest BCUT2D eigenvalue weighted by molar-refractivity contribution is -0.124. The van der Waals surface area contributed by atoms with Crippen molar-refractivity contribution in [1.29, 1.82) is 0 Å². The smallest absolute Gasteiger partial charge is 0.272 e. The molecule has 4 rings (SSSR count). The first-order valence-corrected chi connectivity index (χ1v) is 9.24. The van der Waals surface area contributed by atoms with Crippen molar-refractivity contribution in [2.75, 3.05) is 13.1 Å². The number of hydrogen-bond acceptors (Lipinski definition) is 6. The molecular formula is C18H18N6OS. The molecule has 0 bridgehead atoms. The number of thiophene rings is 1. The molecule has 1 amide bonds.